The molecule has 0 unspecified atom stereocenters. The Bertz CT molecular complexity index is 538. The predicted molar refractivity (Wildman–Crippen MR) is 76.0 cm³/mol. The third kappa shape index (κ3) is 2.83. The average Bonchev–Trinajstić information content (AvgIpc) is 2.46. The van der Waals surface area contributed by atoms with Crippen LogP contribution in [0.3, 0.4) is 0 Å². The highest BCUT2D eigenvalue weighted by Crippen LogP contribution is 2.22. The molecule has 0 spiro atoms. The van der Waals surface area contributed by atoms with Crippen LogP contribution in [0.25, 0.3) is 0 Å². The number of pyridine rings is 1. The van der Waals surface area contributed by atoms with Crippen LogP contribution in [0, 0.1) is 12.3 Å². The van der Waals surface area contributed by atoms with E-state index in [-0.39, 0.29) is 0 Å². The van der Waals surface area contributed by atoms with Crippen molar-refractivity contribution in [3.63, 3.8) is 0 Å². The van der Waals surface area contributed by atoms with E-state index in [2.05, 4.69) is 35.7 Å². The number of nitrogens with zero attached hydrogens (tertiary/aromatic N) is 3. The zero-order valence-electron chi connectivity index (χ0n) is 14.0. The van der Waals surface area contributed by atoms with Crippen LogP contribution in [0.1, 0.15) is 35.1 Å². The molecule has 0 amide bonds. The summed E-state index contributed by atoms with van der Waals surface area (Å²) < 4.78 is 22.3. The third-order valence-corrected chi connectivity index (χ3v) is 3.25. The van der Waals surface area contributed by atoms with E-state index < -0.39 is 6.98 Å². The maximum atomic E-state index is 7.45. The van der Waals surface area contributed by atoms with Crippen molar-refractivity contribution in [3.8, 4) is 12.3 Å². The van der Waals surface area contributed by atoms with Crippen molar-refractivity contribution in [1.82, 2.24) is 9.88 Å². The van der Waals surface area contributed by atoms with E-state index in [1.165, 1.54) is 4.90 Å². The molecule has 1 aromatic rings. The van der Waals surface area contributed by atoms with Gasteiger partial charge in [-0.15, -0.1) is 6.42 Å². The van der Waals surface area contributed by atoms with Gasteiger partial charge in [0.2, 0.25) is 0 Å². The van der Waals surface area contributed by atoms with E-state index in [4.69, 9.17) is 10.5 Å². The summed E-state index contributed by atoms with van der Waals surface area (Å²) in [6, 6.07) is 3.99. The molecular formula is C15H21N3. The zero-order valence-corrected chi connectivity index (χ0v) is 11.0. The minimum absolute atomic E-state index is 0.377. The number of rotatable bonds is 2. The van der Waals surface area contributed by atoms with Crippen molar-refractivity contribution in [1.29, 1.82) is 0 Å². The van der Waals surface area contributed by atoms with E-state index in [1.54, 1.807) is 0 Å². The van der Waals surface area contributed by atoms with E-state index in [0.29, 0.717) is 37.8 Å². The van der Waals surface area contributed by atoms with Crippen molar-refractivity contribution in [3.05, 3.63) is 23.4 Å². The highest BCUT2D eigenvalue weighted by molar-refractivity contribution is 5.47. The summed E-state index contributed by atoms with van der Waals surface area (Å²) in [5.74, 6) is 3.82. The Kier molecular flexibility index (Phi) is 2.83. The average molecular weight is 246 g/mol. The van der Waals surface area contributed by atoms with Gasteiger partial charge in [0.15, 0.2) is 0 Å². The molecule has 18 heavy (non-hydrogen) atoms. The Morgan fingerprint density at radius 3 is 2.61 bits per heavy atom. The van der Waals surface area contributed by atoms with Crippen molar-refractivity contribution in [2.75, 3.05) is 38.1 Å². The van der Waals surface area contributed by atoms with E-state index in [0.717, 1.165) is 11.4 Å². The minimum atomic E-state index is -2.01. The van der Waals surface area contributed by atoms with Crippen molar-refractivity contribution in [2.24, 2.45) is 0 Å². The van der Waals surface area contributed by atoms with E-state index >= 15 is 0 Å². The Balaban J connectivity index is 2.17. The normalized spacial score (nSPS) is 20.1. The second kappa shape index (κ2) is 5.41. The van der Waals surface area contributed by atoms with Gasteiger partial charge in [0.25, 0.3) is 0 Å². The molecule has 1 aromatic heterocycles. The van der Waals surface area contributed by atoms with Gasteiger partial charge in [-0.05, 0) is 30.6 Å². The molecule has 0 aromatic carbocycles. The van der Waals surface area contributed by atoms with Gasteiger partial charge in [-0.25, -0.2) is 4.98 Å². The largest absolute Gasteiger partial charge is 0.354 e. The standard InChI is InChI=1S/C15H21N3/c1-5-14-10-13(12(2)3)11-15(16-14)18-8-6-17(4)7-9-18/h1,10-12H,6-9H2,2-4H3/i4D3. The van der Waals surface area contributed by atoms with Gasteiger partial charge in [0, 0.05) is 30.3 Å². The van der Waals surface area contributed by atoms with Crippen LogP contribution < -0.4 is 4.90 Å². The number of aromatic nitrogens is 1. The summed E-state index contributed by atoms with van der Waals surface area (Å²) in [5, 5.41) is 0. The summed E-state index contributed by atoms with van der Waals surface area (Å²) >= 11 is 0. The Labute approximate surface area is 114 Å². The van der Waals surface area contributed by atoms with Gasteiger partial charge in [-0.2, -0.15) is 0 Å². The molecule has 2 heterocycles. The molecule has 0 bridgehead atoms. The number of anilines is 1. The second-order valence-electron chi connectivity index (χ2n) is 4.92. The summed E-state index contributed by atoms with van der Waals surface area (Å²) in [5.41, 5.74) is 1.79. The molecule has 0 saturated carbocycles. The first-order valence-electron chi connectivity index (χ1n) is 7.80. The first-order valence-corrected chi connectivity index (χ1v) is 6.30. The number of hydrogen-bond acceptors (Lipinski definition) is 3. The molecule has 1 saturated heterocycles. The highest BCUT2D eigenvalue weighted by Gasteiger charge is 2.16. The fourth-order valence-corrected chi connectivity index (χ4v) is 2.04. The molecule has 0 N–H and O–H groups in total. The quantitative estimate of drug-likeness (QED) is 0.743. The monoisotopic (exact) mass is 246 g/mol. The molecule has 1 aliphatic heterocycles. The first-order chi connectivity index (χ1) is 9.81. The number of piperazine rings is 1. The lowest BCUT2D eigenvalue weighted by Gasteiger charge is -2.33. The Hall–Kier alpha value is -1.53. The molecule has 0 aliphatic carbocycles. The van der Waals surface area contributed by atoms with Crippen LogP contribution in [0.2, 0.25) is 0 Å². The summed E-state index contributed by atoms with van der Waals surface area (Å²) in [7, 11) is 0. The van der Waals surface area contributed by atoms with Crippen LogP contribution in [0.4, 0.5) is 5.82 Å². The van der Waals surface area contributed by atoms with Gasteiger partial charge in [-0.1, -0.05) is 19.8 Å². The fourth-order valence-electron chi connectivity index (χ4n) is 2.04. The molecular weight excluding hydrogens is 222 g/mol. The Morgan fingerprint density at radius 2 is 2.06 bits per heavy atom. The van der Waals surface area contributed by atoms with Gasteiger partial charge >= 0.3 is 0 Å². The fraction of sp³-hybridized carbons (Fsp3) is 0.533. The Morgan fingerprint density at radius 1 is 1.33 bits per heavy atom. The summed E-state index contributed by atoms with van der Waals surface area (Å²) in [6.07, 6.45) is 5.48. The number of hydrogen-bond donors (Lipinski definition) is 0. The van der Waals surface area contributed by atoms with Gasteiger partial charge in [0.1, 0.15) is 11.5 Å². The maximum absolute atomic E-state index is 7.45. The van der Waals surface area contributed by atoms with Crippen LogP contribution in [0.5, 0.6) is 0 Å². The lowest BCUT2D eigenvalue weighted by atomic mass is 10.0. The van der Waals surface area contributed by atoms with Gasteiger partial charge in [0.05, 0.1) is 0 Å². The predicted octanol–water partition coefficient (Wildman–Crippen LogP) is 1.94. The van der Waals surface area contributed by atoms with Crippen molar-refractivity contribution < 1.29 is 4.11 Å². The molecule has 1 aliphatic rings. The maximum Gasteiger partial charge on any atom is 0.130 e. The van der Waals surface area contributed by atoms with E-state index in [9.17, 15) is 0 Å². The van der Waals surface area contributed by atoms with Crippen LogP contribution in [-0.4, -0.2) is 43.0 Å². The van der Waals surface area contributed by atoms with Crippen LogP contribution in [0.15, 0.2) is 12.1 Å². The zero-order chi connectivity index (χ0) is 15.6. The number of terminal acetylenes is 1. The van der Waals surface area contributed by atoms with E-state index in [1.807, 2.05) is 6.07 Å². The topological polar surface area (TPSA) is 19.4 Å². The molecule has 0 atom stereocenters. The van der Waals surface area contributed by atoms with Gasteiger partial charge in [-0.3, -0.25) is 0 Å². The third-order valence-electron chi connectivity index (χ3n) is 3.25. The molecule has 2 rings (SSSR count). The van der Waals surface area contributed by atoms with Crippen molar-refractivity contribution >= 4 is 5.82 Å². The highest BCUT2D eigenvalue weighted by atomic mass is 15.3. The van der Waals surface area contributed by atoms with Crippen LogP contribution in [-0.2, 0) is 0 Å². The molecule has 96 valence electrons. The lowest BCUT2D eigenvalue weighted by molar-refractivity contribution is 0.312. The first kappa shape index (κ1) is 9.41. The van der Waals surface area contributed by atoms with Gasteiger partial charge < -0.3 is 9.80 Å². The SMILES string of the molecule is [2H]C([2H])([2H])N1CCN(c2cc(C(C)C)cc(C#C)n2)CC1. The minimum Gasteiger partial charge on any atom is -0.354 e. The number of likely N-dealkylation sites (N-methyl/N-ethyl adjacent to an activating group) is 1. The molecule has 1 fully saturated rings. The lowest BCUT2D eigenvalue weighted by Crippen LogP contribution is -2.44. The molecule has 3 heteroatoms. The summed E-state index contributed by atoms with van der Waals surface area (Å²) in [4.78, 5) is 8.11. The second-order valence-corrected chi connectivity index (χ2v) is 4.92. The van der Waals surface area contributed by atoms with Crippen molar-refractivity contribution in [2.45, 2.75) is 19.8 Å². The van der Waals surface area contributed by atoms with Crippen LogP contribution >= 0.6 is 0 Å². The smallest absolute Gasteiger partial charge is 0.130 e. The molecule has 0 radical (unpaired) electrons. The summed E-state index contributed by atoms with van der Waals surface area (Å²) in [6.45, 7) is 4.54. The molecule has 3 nitrogen and oxygen atoms in total.